The van der Waals surface area contributed by atoms with Gasteiger partial charge in [-0.1, -0.05) is 24.6 Å². The first kappa shape index (κ1) is 11.0. The minimum Gasteiger partial charge on any atom is -0.295 e. The summed E-state index contributed by atoms with van der Waals surface area (Å²) in [6, 6.07) is 7.16. The average Bonchev–Trinajstić information content (AvgIpc) is 2.64. The quantitative estimate of drug-likeness (QED) is 0.856. The Labute approximate surface area is 98.7 Å². The molecule has 2 aromatic rings. The highest BCUT2D eigenvalue weighted by molar-refractivity contribution is 6.31. The summed E-state index contributed by atoms with van der Waals surface area (Å²) in [5, 5.41) is 3.70. The van der Waals surface area contributed by atoms with Crippen molar-refractivity contribution in [2.24, 2.45) is 0 Å². The number of aryl methyl sites for hydroxylation is 2. The molecular formula is C12H13ClN2O. The van der Waals surface area contributed by atoms with Gasteiger partial charge in [0.25, 0.3) is 5.56 Å². The molecule has 1 N–H and O–H groups in total. The number of aromatic nitrogens is 2. The lowest BCUT2D eigenvalue weighted by Crippen LogP contribution is -2.13. The molecule has 0 aliphatic carbocycles. The van der Waals surface area contributed by atoms with Gasteiger partial charge in [-0.3, -0.25) is 9.89 Å². The van der Waals surface area contributed by atoms with Crippen molar-refractivity contribution >= 4 is 11.6 Å². The number of nitrogens with zero attached hydrogens (tertiary/aromatic N) is 1. The lowest BCUT2D eigenvalue weighted by Gasteiger charge is -2.04. The van der Waals surface area contributed by atoms with Crippen molar-refractivity contribution in [3.05, 3.63) is 50.9 Å². The maximum absolute atomic E-state index is 11.7. The maximum atomic E-state index is 11.7. The maximum Gasteiger partial charge on any atom is 0.271 e. The van der Waals surface area contributed by atoms with Crippen LogP contribution in [0.1, 0.15) is 18.2 Å². The Morgan fingerprint density at radius 1 is 1.38 bits per heavy atom. The van der Waals surface area contributed by atoms with Crippen LogP contribution in [0.15, 0.2) is 29.1 Å². The molecule has 0 radical (unpaired) electrons. The standard InChI is InChI=1S/C12H13ClN2O/c1-3-9-6-12(16)15(14-9)10-5-4-8(2)11(13)7-10/h4-7,14H,3H2,1-2H3. The molecule has 1 aromatic heterocycles. The van der Waals surface area contributed by atoms with E-state index in [1.165, 1.54) is 4.68 Å². The molecule has 0 bridgehead atoms. The molecule has 0 amide bonds. The van der Waals surface area contributed by atoms with Gasteiger partial charge in [0.05, 0.1) is 5.69 Å². The lowest BCUT2D eigenvalue weighted by molar-refractivity contribution is 0.819. The summed E-state index contributed by atoms with van der Waals surface area (Å²) in [5.74, 6) is 0. The molecule has 2 rings (SSSR count). The molecule has 1 aromatic carbocycles. The van der Waals surface area contributed by atoms with Crippen LogP contribution in [0.2, 0.25) is 5.02 Å². The van der Waals surface area contributed by atoms with E-state index in [1.807, 2.05) is 26.0 Å². The summed E-state index contributed by atoms with van der Waals surface area (Å²) in [4.78, 5) is 11.7. The first-order chi connectivity index (χ1) is 7.61. The molecule has 0 unspecified atom stereocenters. The van der Waals surface area contributed by atoms with Crippen molar-refractivity contribution in [1.82, 2.24) is 9.78 Å². The number of nitrogens with one attached hydrogen (secondary N) is 1. The van der Waals surface area contributed by atoms with E-state index in [9.17, 15) is 4.79 Å². The van der Waals surface area contributed by atoms with Gasteiger partial charge in [-0.2, -0.15) is 0 Å². The smallest absolute Gasteiger partial charge is 0.271 e. The SMILES string of the molecule is CCc1cc(=O)n(-c2ccc(C)c(Cl)c2)[nH]1. The molecule has 0 saturated heterocycles. The van der Waals surface area contributed by atoms with Gasteiger partial charge < -0.3 is 0 Å². The molecule has 16 heavy (non-hydrogen) atoms. The number of hydrogen-bond donors (Lipinski definition) is 1. The minimum atomic E-state index is -0.0585. The fraction of sp³-hybridized carbons (Fsp3) is 0.250. The van der Waals surface area contributed by atoms with E-state index in [4.69, 9.17) is 11.6 Å². The van der Waals surface area contributed by atoms with E-state index >= 15 is 0 Å². The van der Waals surface area contributed by atoms with Gasteiger partial charge in [-0.15, -0.1) is 0 Å². The molecule has 0 aliphatic rings. The van der Waals surface area contributed by atoms with Crippen LogP contribution < -0.4 is 5.56 Å². The van der Waals surface area contributed by atoms with Gasteiger partial charge in [-0.05, 0) is 31.0 Å². The monoisotopic (exact) mass is 236 g/mol. The Morgan fingerprint density at radius 3 is 2.69 bits per heavy atom. The summed E-state index contributed by atoms with van der Waals surface area (Å²) < 4.78 is 1.50. The summed E-state index contributed by atoms with van der Waals surface area (Å²) in [6.07, 6.45) is 0.807. The third-order valence-electron chi connectivity index (χ3n) is 2.57. The molecule has 0 spiro atoms. The zero-order chi connectivity index (χ0) is 11.7. The number of hydrogen-bond acceptors (Lipinski definition) is 1. The van der Waals surface area contributed by atoms with Crippen molar-refractivity contribution in [3.63, 3.8) is 0 Å². The van der Waals surface area contributed by atoms with Crippen LogP contribution in [0.4, 0.5) is 0 Å². The second kappa shape index (κ2) is 4.18. The molecule has 4 heteroatoms. The highest BCUT2D eigenvalue weighted by atomic mass is 35.5. The second-order valence-electron chi connectivity index (χ2n) is 3.74. The zero-order valence-electron chi connectivity index (χ0n) is 9.25. The summed E-state index contributed by atoms with van der Waals surface area (Å²) in [6.45, 7) is 3.93. The fourth-order valence-electron chi connectivity index (χ4n) is 1.54. The summed E-state index contributed by atoms with van der Waals surface area (Å²) >= 11 is 6.03. The summed E-state index contributed by atoms with van der Waals surface area (Å²) in [5.41, 5.74) is 2.62. The van der Waals surface area contributed by atoms with Crippen molar-refractivity contribution in [3.8, 4) is 5.69 Å². The highest BCUT2D eigenvalue weighted by Gasteiger charge is 2.05. The van der Waals surface area contributed by atoms with Gasteiger partial charge in [0.15, 0.2) is 0 Å². The average molecular weight is 237 g/mol. The van der Waals surface area contributed by atoms with Crippen LogP contribution in [0.5, 0.6) is 0 Å². The Kier molecular flexibility index (Phi) is 2.88. The normalized spacial score (nSPS) is 10.7. The van der Waals surface area contributed by atoms with E-state index in [0.29, 0.717) is 5.02 Å². The zero-order valence-corrected chi connectivity index (χ0v) is 10.0. The van der Waals surface area contributed by atoms with Crippen molar-refractivity contribution in [1.29, 1.82) is 0 Å². The highest BCUT2D eigenvalue weighted by Crippen LogP contribution is 2.18. The van der Waals surface area contributed by atoms with Crippen molar-refractivity contribution in [2.45, 2.75) is 20.3 Å². The predicted molar refractivity (Wildman–Crippen MR) is 65.5 cm³/mol. The van der Waals surface area contributed by atoms with Crippen LogP contribution in [0, 0.1) is 6.92 Å². The Balaban J connectivity index is 2.54. The van der Waals surface area contributed by atoms with E-state index in [1.54, 1.807) is 12.1 Å². The molecule has 0 atom stereocenters. The Bertz CT molecular complexity index is 569. The predicted octanol–water partition coefficient (Wildman–Crippen LogP) is 2.69. The minimum absolute atomic E-state index is 0.0585. The number of rotatable bonds is 2. The van der Waals surface area contributed by atoms with Gasteiger partial charge in [0, 0.05) is 16.8 Å². The molecular weight excluding hydrogens is 224 g/mol. The number of H-pyrrole nitrogens is 1. The largest absolute Gasteiger partial charge is 0.295 e. The van der Waals surface area contributed by atoms with Crippen LogP contribution >= 0.6 is 11.6 Å². The van der Waals surface area contributed by atoms with Crippen molar-refractivity contribution < 1.29 is 0 Å². The van der Waals surface area contributed by atoms with Gasteiger partial charge >= 0.3 is 0 Å². The Morgan fingerprint density at radius 2 is 2.12 bits per heavy atom. The van der Waals surface area contributed by atoms with Gasteiger partial charge in [0.1, 0.15) is 0 Å². The topological polar surface area (TPSA) is 37.8 Å². The first-order valence-electron chi connectivity index (χ1n) is 5.19. The van der Waals surface area contributed by atoms with Crippen LogP contribution in [-0.4, -0.2) is 9.78 Å². The third-order valence-corrected chi connectivity index (χ3v) is 2.98. The fourth-order valence-corrected chi connectivity index (χ4v) is 1.71. The molecule has 0 saturated carbocycles. The van der Waals surface area contributed by atoms with E-state index in [-0.39, 0.29) is 5.56 Å². The number of halogens is 1. The third kappa shape index (κ3) is 1.91. The molecule has 1 heterocycles. The molecule has 3 nitrogen and oxygen atoms in total. The first-order valence-corrected chi connectivity index (χ1v) is 5.57. The second-order valence-corrected chi connectivity index (χ2v) is 4.15. The molecule has 84 valence electrons. The van der Waals surface area contributed by atoms with Crippen molar-refractivity contribution in [2.75, 3.05) is 0 Å². The summed E-state index contributed by atoms with van der Waals surface area (Å²) in [7, 11) is 0. The number of benzene rings is 1. The lowest BCUT2D eigenvalue weighted by atomic mass is 10.2. The van der Waals surface area contributed by atoms with E-state index < -0.39 is 0 Å². The van der Waals surface area contributed by atoms with Gasteiger partial charge in [0.2, 0.25) is 0 Å². The van der Waals surface area contributed by atoms with Gasteiger partial charge in [-0.25, -0.2) is 4.68 Å². The molecule has 0 aliphatic heterocycles. The van der Waals surface area contributed by atoms with E-state index in [2.05, 4.69) is 5.10 Å². The van der Waals surface area contributed by atoms with E-state index in [0.717, 1.165) is 23.4 Å². The van der Waals surface area contributed by atoms with Crippen LogP contribution in [-0.2, 0) is 6.42 Å². The van der Waals surface area contributed by atoms with Crippen LogP contribution in [0.3, 0.4) is 0 Å². The Hall–Kier alpha value is -1.48. The van der Waals surface area contributed by atoms with Crippen LogP contribution in [0.25, 0.3) is 5.69 Å². The molecule has 0 fully saturated rings. The number of aromatic amines is 1.